The number of sulfonamides is 1. The lowest BCUT2D eigenvalue weighted by molar-refractivity contribution is -0.182. The van der Waals surface area contributed by atoms with Crippen molar-refractivity contribution < 1.29 is 21.6 Å². The van der Waals surface area contributed by atoms with Crippen molar-refractivity contribution in [3.8, 4) is 0 Å². The number of hydrogen-bond acceptors (Lipinski definition) is 2. The highest BCUT2D eigenvalue weighted by Gasteiger charge is 2.42. The van der Waals surface area contributed by atoms with Crippen molar-refractivity contribution in [2.45, 2.75) is 32.4 Å². The second kappa shape index (κ2) is 4.91. The lowest BCUT2D eigenvalue weighted by Gasteiger charge is -2.32. The lowest BCUT2D eigenvalue weighted by atomic mass is 9.98. The first-order valence-corrected chi connectivity index (χ1v) is 6.93. The molecule has 7 heteroatoms. The Balaban J connectivity index is 2.56. The summed E-state index contributed by atoms with van der Waals surface area (Å²) in [5.74, 6) is -1.33. The molecule has 16 heavy (non-hydrogen) atoms. The van der Waals surface area contributed by atoms with E-state index >= 15 is 0 Å². The Kier molecular flexibility index (Phi) is 4.23. The minimum atomic E-state index is -4.19. The van der Waals surface area contributed by atoms with E-state index in [4.69, 9.17) is 0 Å². The Hall–Kier alpha value is -0.300. The van der Waals surface area contributed by atoms with E-state index in [1.165, 1.54) is 4.31 Å². The predicted molar refractivity (Wildman–Crippen MR) is 54.4 cm³/mol. The molecule has 0 N–H and O–H groups in total. The van der Waals surface area contributed by atoms with Crippen molar-refractivity contribution in [3.05, 3.63) is 0 Å². The third-order valence-electron chi connectivity index (χ3n) is 2.77. The molecule has 0 aliphatic carbocycles. The van der Waals surface area contributed by atoms with Gasteiger partial charge in [-0.05, 0) is 19.3 Å². The summed E-state index contributed by atoms with van der Waals surface area (Å²) in [6.07, 6.45) is -3.94. The molecule has 0 atom stereocenters. The topological polar surface area (TPSA) is 37.4 Å². The summed E-state index contributed by atoms with van der Waals surface area (Å²) in [4.78, 5) is 0. The van der Waals surface area contributed by atoms with E-state index in [1.807, 2.05) is 0 Å². The Bertz CT molecular complexity index is 318. The third kappa shape index (κ3) is 3.35. The summed E-state index contributed by atoms with van der Waals surface area (Å²) in [6.45, 7) is 1.72. The van der Waals surface area contributed by atoms with Gasteiger partial charge in [0.15, 0.2) is 0 Å². The zero-order chi connectivity index (χ0) is 12.4. The maximum atomic E-state index is 12.3. The van der Waals surface area contributed by atoms with E-state index < -0.39 is 22.1 Å². The smallest absolute Gasteiger partial charge is 0.212 e. The van der Waals surface area contributed by atoms with Crippen molar-refractivity contribution in [3.63, 3.8) is 0 Å². The summed E-state index contributed by atoms with van der Waals surface area (Å²) in [6, 6.07) is 0. The molecule has 1 rings (SSSR count). The van der Waals surface area contributed by atoms with Gasteiger partial charge in [-0.1, -0.05) is 6.92 Å². The van der Waals surface area contributed by atoms with Crippen molar-refractivity contribution in [2.75, 3.05) is 18.8 Å². The minimum Gasteiger partial charge on any atom is -0.212 e. The van der Waals surface area contributed by atoms with Crippen LogP contribution in [0.15, 0.2) is 0 Å². The van der Waals surface area contributed by atoms with Gasteiger partial charge in [0, 0.05) is 13.1 Å². The molecule has 1 heterocycles. The Morgan fingerprint density at radius 3 is 2.12 bits per heavy atom. The molecule has 0 amide bonds. The lowest BCUT2D eigenvalue weighted by Crippen LogP contribution is -2.42. The number of nitrogens with zero attached hydrogens (tertiary/aromatic N) is 1. The van der Waals surface area contributed by atoms with Crippen LogP contribution in [0, 0.1) is 5.92 Å². The molecule has 1 aliphatic rings. The maximum Gasteiger partial charge on any atom is 0.391 e. The van der Waals surface area contributed by atoms with Crippen LogP contribution in [0.4, 0.5) is 13.2 Å². The molecule has 0 aromatic heterocycles. The SMILES string of the molecule is CCCS(=O)(=O)N1CCC(C(F)(F)F)CC1. The molecule has 3 nitrogen and oxygen atoms in total. The first-order valence-electron chi connectivity index (χ1n) is 5.32. The standard InChI is InChI=1S/C9H16F3NO2S/c1-2-7-16(14,15)13-5-3-8(4-6-13)9(10,11)12/h8H,2-7H2,1H3. The fourth-order valence-corrected chi connectivity index (χ4v) is 3.39. The monoisotopic (exact) mass is 259 g/mol. The largest absolute Gasteiger partial charge is 0.391 e. The van der Waals surface area contributed by atoms with E-state index in [-0.39, 0.29) is 31.7 Å². The zero-order valence-electron chi connectivity index (χ0n) is 9.13. The van der Waals surface area contributed by atoms with Gasteiger partial charge in [-0.3, -0.25) is 0 Å². The maximum absolute atomic E-state index is 12.3. The first kappa shape index (κ1) is 13.8. The van der Waals surface area contributed by atoms with E-state index in [2.05, 4.69) is 0 Å². The highest BCUT2D eigenvalue weighted by Crippen LogP contribution is 2.34. The molecule has 0 spiro atoms. The number of hydrogen-bond donors (Lipinski definition) is 0. The summed E-state index contributed by atoms with van der Waals surface area (Å²) < 4.78 is 61.4. The van der Waals surface area contributed by atoms with E-state index in [0.717, 1.165) is 0 Å². The molecule has 96 valence electrons. The molecule has 0 aromatic carbocycles. The van der Waals surface area contributed by atoms with Gasteiger partial charge in [0.05, 0.1) is 11.7 Å². The molecular weight excluding hydrogens is 243 g/mol. The molecular formula is C9H16F3NO2S. The molecule has 0 aromatic rings. The van der Waals surface area contributed by atoms with Gasteiger partial charge in [0.1, 0.15) is 0 Å². The van der Waals surface area contributed by atoms with Gasteiger partial charge in [0.25, 0.3) is 0 Å². The van der Waals surface area contributed by atoms with Gasteiger partial charge in [0.2, 0.25) is 10.0 Å². The van der Waals surface area contributed by atoms with Crippen LogP contribution in [0.5, 0.6) is 0 Å². The molecule has 1 fully saturated rings. The van der Waals surface area contributed by atoms with Crippen LogP contribution < -0.4 is 0 Å². The second-order valence-electron chi connectivity index (χ2n) is 4.03. The average Bonchev–Trinajstić information content (AvgIpc) is 2.16. The van der Waals surface area contributed by atoms with Gasteiger partial charge >= 0.3 is 6.18 Å². The first-order chi connectivity index (χ1) is 7.27. The van der Waals surface area contributed by atoms with Crippen LogP contribution in [-0.2, 0) is 10.0 Å². The third-order valence-corrected chi connectivity index (χ3v) is 4.85. The van der Waals surface area contributed by atoms with Crippen LogP contribution in [0.25, 0.3) is 0 Å². The quantitative estimate of drug-likeness (QED) is 0.777. The number of halogens is 3. The van der Waals surface area contributed by atoms with Gasteiger partial charge in [-0.2, -0.15) is 13.2 Å². The van der Waals surface area contributed by atoms with Crippen LogP contribution in [-0.4, -0.2) is 37.7 Å². The van der Waals surface area contributed by atoms with Gasteiger partial charge in [-0.15, -0.1) is 0 Å². The Morgan fingerprint density at radius 2 is 1.75 bits per heavy atom. The van der Waals surface area contributed by atoms with Gasteiger partial charge < -0.3 is 0 Å². The van der Waals surface area contributed by atoms with Crippen molar-refractivity contribution in [1.82, 2.24) is 4.31 Å². The van der Waals surface area contributed by atoms with Crippen LogP contribution >= 0.6 is 0 Å². The summed E-state index contributed by atoms with van der Waals surface area (Å²) >= 11 is 0. The second-order valence-corrected chi connectivity index (χ2v) is 6.12. The van der Waals surface area contributed by atoms with E-state index in [0.29, 0.717) is 6.42 Å². The highest BCUT2D eigenvalue weighted by atomic mass is 32.2. The summed E-state index contributed by atoms with van der Waals surface area (Å²) in [7, 11) is -3.34. The van der Waals surface area contributed by atoms with Crippen molar-refractivity contribution in [1.29, 1.82) is 0 Å². The minimum absolute atomic E-state index is 0.00743. The van der Waals surface area contributed by atoms with Crippen LogP contribution in [0.2, 0.25) is 0 Å². The molecule has 1 saturated heterocycles. The zero-order valence-corrected chi connectivity index (χ0v) is 9.94. The van der Waals surface area contributed by atoms with E-state index in [9.17, 15) is 21.6 Å². The number of alkyl halides is 3. The normalized spacial score (nSPS) is 21.2. The van der Waals surface area contributed by atoms with Crippen LogP contribution in [0.1, 0.15) is 26.2 Å². The molecule has 1 aliphatic heterocycles. The van der Waals surface area contributed by atoms with Crippen molar-refractivity contribution in [2.24, 2.45) is 5.92 Å². The summed E-state index contributed by atoms with van der Waals surface area (Å²) in [5, 5.41) is 0. The predicted octanol–water partition coefficient (Wildman–Crippen LogP) is 2.00. The molecule has 0 saturated carbocycles. The molecule has 0 radical (unpaired) electrons. The molecule has 0 unspecified atom stereocenters. The Morgan fingerprint density at radius 1 is 1.25 bits per heavy atom. The fraction of sp³-hybridized carbons (Fsp3) is 1.00. The number of rotatable bonds is 3. The number of piperidine rings is 1. The van der Waals surface area contributed by atoms with Crippen molar-refractivity contribution >= 4 is 10.0 Å². The fourth-order valence-electron chi connectivity index (χ4n) is 1.85. The molecule has 0 bridgehead atoms. The van der Waals surface area contributed by atoms with E-state index in [1.54, 1.807) is 6.92 Å². The summed E-state index contributed by atoms with van der Waals surface area (Å²) in [5.41, 5.74) is 0. The van der Waals surface area contributed by atoms with Crippen LogP contribution in [0.3, 0.4) is 0 Å². The van der Waals surface area contributed by atoms with Gasteiger partial charge in [-0.25, -0.2) is 12.7 Å². The average molecular weight is 259 g/mol. The Labute approximate surface area is 93.7 Å². The highest BCUT2D eigenvalue weighted by molar-refractivity contribution is 7.89.